The Kier molecular flexibility index (Phi) is 4.57. The lowest BCUT2D eigenvalue weighted by atomic mass is 10.0. The first-order valence-corrected chi connectivity index (χ1v) is 6.99. The highest BCUT2D eigenvalue weighted by atomic mass is 32.2. The van der Waals surface area contributed by atoms with Gasteiger partial charge in [0.25, 0.3) is 0 Å². The van der Waals surface area contributed by atoms with Crippen molar-refractivity contribution in [1.82, 2.24) is 9.97 Å². The minimum atomic E-state index is -0.981. The van der Waals surface area contributed by atoms with Crippen LogP contribution >= 0.6 is 11.8 Å². The van der Waals surface area contributed by atoms with Gasteiger partial charge >= 0.3 is 0 Å². The van der Waals surface area contributed by atoms with E-state index in [9.17, 15) is 15.0 Å². The molecule has 0 amide bonds. The number of nitrogens with zero attached hydrogens (tertiary/aromatic N) is 1. The Morgan fingerprint density at radius 1 is 1.53 bits per heavy atom. The zero-order chi connectivity index (χ0) is 13.8. The van der Waals surface area contributed by atoms with Crippen LogP contribution in [0.1, 0.15) is 25.0 Å². The first-order chi connectivity index (χ1) is 9.09. The topological polar surface area (TPSA) is 86.2 Å². The molecule has 2 atom stereocenters. The summed E-state index contributed by atoms with van der Waals surface area (Å²) < 4.78 is 0. The van der Waals surface area contributed by atoms with Gasteiger partial charge in [-0.3, -0.25) is 4.79 Å². The van der Waals surface area contributed by atoms with Crippen LogP contribution in [0, 0.1) is 0 Å². The molecule has 0 aliphatic heterocycles. The third-order valence-electron chi connectivity index (χ3n) is 2.89. The molecule has 0 aliphatic rings. The summed E-state index contributed by atoms with van der Waals surface area (Å²) >= 11 is 1.15. The van der Waals surface area contributed by atoms with Gasteiger partial charge in [0.2, 0.25) is 0 Å². The molecule has 0 bridgehead atoms. The first kappa shape index (κ1) is 14.0. The van der Waals surface area contributed by atoms with Gasteiger partial charge in [-0.2, -0.15) is 0 Å². The maximum Gasteiger partial charge on any atom is 0.185 e. The van der Waals surface area contributed by atoms with Crippen LogP contribution in [0.25, 0.3) is 11.0 Å². The number of fused-ring (bicyclic) bond motifs is 1. The molecule has 0 spiro atoms. The van der Waals surface area contributed by atoms with Gasteiger partial charge in [-0.25, -0.2) is 4.98 Å². The van der Waals surface area contributed by atoms with E-state index in [1.165, 1.54) is 6.92 Å². The van der Waals surface area contributed by atoms with E-state index in [1.54, 1.807) is 18.5 Å². The molecule has 102 valence electrons. The molecule has 0 saturated carbocycles. The number of carbonyl (C=O) groups is 1. The molecule has 2 unspecified atom stereocenters. The second-order valence-corrected chi connectivity index (χ2v) is 5.56. The number of thioether (sulfide) groups is 1. The lowest BCUT2D eigenvalue weighted by Crippen LogP contribution is -2.19. The molecule has 2 aromatic rings. The summed E-state index contributed by atoms with van der Waals surface area (Å²) in [7, 11) is 0. The molecular formula is C13H16N2O3S. The molecule has 2 aromatic heterocycles. The van der Waals surface area contributed by atoms with Crippen molar-refractivity contribution in [3.63, 3.8) is 0 Å². The Morgan fingerprint density at radius 2 is 2.32 bits per heavy atom. The number of aliphatic hydroxyl groups is 2. The maximum absolute atomic E-state index is 10.8. The number of rotatable bonds is 5. The maximum atomic E-state index is 10.8. The van der Waals surface area contributed by atoms with Crippen LogP contribution in [0.5, 0.6) is 0 Å². The number of aromatic nitrogens is 2. The number of pyridine rings is 1. The van der Waals surface area contributed by atoms with E-state index in [-0.39, 0.29) is 5.12 Å². The normalized spacial score (nSPS) is 14.5. The highest BCUT2D eigenvalue weighted by Crippen LogP contribution is 2.26. The number of carbonyl (C=O) groups excluding carboxylic acids is 1. The van der Waals surface area contributed by atoms with E-state index >= 15 is 0 Å². The fourth-order valence-corrected chi connectivity index (χ4v) is 2.56. The average Bonchev–Trinajstić information content (AvgIpc) is 2.81. The summed E-state index contributed by atoms with van der Waals surface area (Å²) in [6, 6.07) is 3.62. The summed E-state index contributed by atoms with van der Waals surface area (Å²) in [5, 5.41) is 20.9. The van der Waals surface area contributed by atoms with Crippen LogP contribution in [0.4, 0.5) is 0 Å². The van der Waals surface area contributed by atoms with Gasteiger partial charge in [0.1, 0.15) is 11.8 Å². The van der Waals surface area contributed by atoms with Crippen LogP contribution in [0.3, 0.4) is 0 Å². The summed E-state index contributed by atoms with van der Waals surface area (Å²) in [6.45, 7) is 1.48. The number of nitrogens with one attached hydrogen (secondary N) is 1. The number of aliphatic hydroxyl groups excluding tert-OH is 2. The van der Waals surface area contributed by atoms with Crippen molar-refractivity contribution in [2.24, 2.45) is 0 Å². The Morgan fingerprint density at radius 3 is 3.05 bits per heavy atom. The SMILES string of the molecule is CC(=O)SCCC(O)C(O)c1c[nH]c2ncccc12. The van der Waals surface area contributed by atoms with Crippen LogP contribution in [-0.2, 0) is 4.79 Å². The van der Waals surface area contributed by atoms with Crippen molar-refractivity contribution in [2.75, 3.05) is 5.75 Å². The van der Waals surface area contributed by atoms with E-state index < -0.39 is 12.2 Å². The lowest BCUT2D eigenvalue weighted by Gasteiger charge is -2.16. The smallest absolute Gasteiger partial charge is 0.185 e. The lowest BCUT2D eigenvalue weighted by molar-refractivity contribution is -0.109. The van der Waals surface area contributed by atoms with Crippen LogP contribution < -0.4 is 0 Å². The van der Waals surface area contributed by atoms with Crippen LogP contribution in [0.2, 0.25) is 0 Å². The molecule has 3 N–H and O–H groups in total. The predicted octanol–water partition coefficient (Wildman–Crippen LogP) is 1.63. The van der Waals surface area contributed by atoms with Gasteiger partial charge in [-0.1, -0.05) is 11.8 Å². The van der Waals surface area contributed by atoms with Gasteiger partial charge in [-0.15, -0.1) is 0 Å². The number of hydrogen-bond acceptors (Lipinski definition) is 5. The zero-order valence-electron chi connectivity index (χ0n) is 10.5. The molecule has 0 aliphatic carbocycles. The molecule has 0 saturated heterocycles. The Balaban J connectivity index is 2.06. The minimum absolute atomic E-state index is 0.0120. The van der Waals surface area contributed by atoms with E-state index in [1.807, 2.05) is 6.07 Å². The fourth-order valence-electron chi connectivity index (χ4n) is 1.91. The average molecular weight is 280 g/mol. The summed E-state index contributed by atoms with van der Waals surface area (Å²) in [5.74, 6) is 0.494. The largest absolute Gasteiger partial charge is 0.390 e. The molecule has 2 heterocycles. The van der Waals surface area contributed by atoms with Crippen molar-refractivity contribution in [1.29, 1.82) is 0 Å². The molecule has 0 radical (unpaired) electrons. The predicted molar refractivity (Wildman–Crippen MR) is 74.8 cm³/mol. The summed E-state index contributed by atoms with van der Waals surface area (Å²) in [6.07, 6.45) is 1.80. The summed E-state index contributed by atoms with van der Waals surface area (Å²) in [5.41, 5.74) is 1.31. The third kappa shape index (κ3) is 3.34. The molecule has 6 heteroatoms. The Bertz CT molecular complexity index is 570. The van der Waals surface area contributed by atoms with E-state index in [4.69, 9.17) is 0 Å². The van der Waals surface area contributed by atoms with E-state index in [2.05, 4.69) is 9.97 Å². The van der Waals surface area contributed by atoms with Gasteiger partial charge in [0, 0.05) is 36.0 Å². The second-order valence-electron chi connectivity index (χ2n) is 4.28. The molecule has 19 heavy (non-hydrogen) atoms. The van der Waals surface area contributed by atoms with Crippen molar-refractivity contribution in [2.45, 2.75) is 25.6 Å². The molecule has 0 fully saturated rings. The number of H-pyrrole nitrogens is 1. The zero-order valence-corrected chi connectivity index (χ0v) is 11.4. The Labute approximate surface area is 115 Å². The molecule has 0 aromatic carbocycles. The van der Waals surface area contributed by atoms with E-state index in [0.717, 1.165) is 17.1 Å². The second kappa shape index (κ2) is 6.18. The standard InChI is InChI=1S/C13H16N2O3S/c1-8(16)19-6-4-11(17)12(18)10-7-15-13-9(10)3-2-5-14-13/h2-3,5,7,11-12,17-18H,4,6H2,1H3,(H,14,15). The van der Waals surface area contributed by atoms with E-state index in [0.29, 0.717) is 23.4 Å². The third-order valence-corrected chi connectivity index (χ3v) is 3.73. The first-order valence-electron chi connectivity index (χ1n) is 6.01. The summed E-state index contributed by atoms with van der Waals surface area (Å²) in [4.78, 5) is 17.9. The molecule has 5 nitrogen and oxygen atoms in total. The van der Waals surface area contributed by atoms with Gasteiger partial charge in [0.15, 0.2) is 5.12 Å². The highest BCUT2D eigenvalue weighted by molar-refractivity contribution is 8.13. The fraction of sp³-hybridized carbons (Fsp3) is 0.385. The van der Waals surface area contributed by atoms with Gasteiger partial charge in [-0.05, 0) is 18.6 Å². The van der Waals surface area contributed by atoms with Crippen molar-refractivity contribution in [3.05, 3.63) is 30.1 Å². The molecular weight excluding hydrogens is 264 g/mol. The Hall–Kier alpha value is -1.37. The van der Waals surface area contributed by atoms with Gasteiger partial charge in [0.05, 0.1) is 6.10 Å². The van der Waals surface area contributed by atoms with Crippen molar-refractivity contribution >= 4 is 27.9 Å². The number of aromatic amines is 1. The van der Waals surface area contributed by atoms with Gasteiger partial charge < -0.3 is 15.2 Å². The minimum Gasteiger partial charge on any atom is -0.390 e. The monoisotopic (exact) mass is 280 g/mol. The quantitative estimate of drug-likeness (QED) is 0.775. The van der Waals surface area contributed by atoms with Crippen molar-refractivity contribution in [3.8, 4) is 0 Å². The van der Waals surface area contributed by atoms with Crippen LogP contribution in [0.15, 0.2) is 24.5 Å². The van der Waals surface area contributed by atoms with Crippen LogP contribution in [-0.4, -0.2) is 37.2 Å². The number of hydrogen-bond donors (Lipinski definition) is 3. The molecule has 2 rings (SSSR count). The highest BCUT2D eigenvalue weighted by Gasteiger charge is 2.21. The van der Waals surface area contributed by atoms with Crippen molar-refractivity contribution < 1.29 is 15.0 Å².